The molecule has 0 saturated heterocycles. The Morgan fingerprint density at radius 2 is 1.60 bits per heavy atom. The van der Waals surface area contributed by atoms with E-state index in [9.17, 15) is 19.2 Å². The summed E-state index contributed by atoms with van der Waals surface area (Å²) in [5, 5.41) is 0. The van der Waals surface area contributed by atoms with Gasteiger partial charge in [-0.05, 0) is 19.1 Å². The molecule has 8 nitrogen and oxygen atoms in total. The summed E-state index contributed by atoms with van der Waals surface area (Å²) < 4.78 is 10.3. The zero-order chi connectivity index (χ0) is 21.3. The van der Waals surface area contributed by atoms with Gasteiger partial charge in [0.05, 0.1) is 23.9 Å². The van der Waals surface area contributed by atoms with E-state index < -0.39 is 29.6 Å². The maximum absolute atomic E-state index is 13.3. The van der Waals surface area contributed by atoms with Gasteiger partial charge in [-0.1, -0.05) is 42.5 Å². The van der Waals surface area contributed by atoms with Gasteiger partial charge in [0.15, 0.2) is 11.8 Å². The van der Waals surface area contributed by atoms with E-state index in [4.69, 9.17) is 9.15 Å². The Labute approximate surface area is 171 Å². The van der Waals surface area contributed by atoms with Crippen molar-refractivity contribution in [2.45, 2.75) is 13.0 Å². The fourth-order valence-electron chi connectivity index (χ4n) is 3.25. The van der Waals surface area contributed by atoms with E-state index in [0.29, 0.717) is 0 Å². The third kappa shape index (κ3) is 3.18. The Hall–Kier alpha value is -4.07. The molecular weight excluding hydrogens is 388 g/mol. The number of Topliss-reactive ketones (excluding diaryl/α,β-unsaturated/α-hetero) is 1. The lowest BCUT2D eigenvalue weighted by Gasteiger charge is -2.22. The summed E-state index contributed by atoms with van der Waals surface area (Å²) >= 11 is 0. The minimum Gasteiger partial charge on any atom is -0.460 e. The molecule has 0 saturated carbocycles. The van der Waals surface area contributed by atoms with E-state index >= 15 is 0 Å². The van der Waals surface area contributed by atoms with Crippen molar-refractivity contribution in [2.24, 2.45) is 0 Å². The molecule has 1 unspecified atom stereocenters. The summed E-state index contributed by atoms with van der Waals surface area (Å²) in [4.78, 5) is 56.1. The van der Waals surface area contributed by atoms with Gasteiger partial charge < -0.3 is 9.15 Å². The normalized spacial score (nSPS) is 13.8. The summed E-state index contributed by atoms with van der Waals surface area (Å²) in [7, 11) is 0. The van der Waals surface area contributed by atoms with Crippen molar-refractivity contribution in [1.29, 1.82) is 0 Å². The molecule has 1 aromatic heterocycles. The quantitative estimate of drug-likeness (QED) is 0.353. The lowest BCUT2D eigenvalue weighted by Crippen LogP contribution is -2.38. The molecular formula is C22H16N2O6. The Morgan fingerprint density at radius 1 is 1.00 bits per heavy atom. The minimum absolute atomic E-state index is 0.125. The van der Waals surface area contributed by atoms with Crippen molar-refractivity contribution < 1.29 is 28.3 Å². The number of carbonyl (C=O) groups is 4. The van der Waals surface area contributed by atoms with Gasteiger partial charge in [0.1, 0.15) is 0 Å². The lowest BCUT2D eigenvalue weighted by atomic mass is 10.0. The molecule has 2 amide bonds. The number of rotatable bonds is 6. The molecule has 30 heavy (non-hydrogen) atoms. The first-order valence-corrected chi connectivity index (χ1v) is 9.22. The van der Waals surface area contributed by atoms with Crippen LogP contribution >= 0.6 is 0 Å². The second kappa shape index (κ2) is 7.75. The number of amides is 2. The van der Waals surface area contributed by atoms with Gasteiger partial charge in [0.25, 0.3) is 11.8 Å². The summed E-state index contributed by atoms with van der Waals surface area (Å²) in [5.41, 5.74) is 0.631. The van der Waals surface area contributed by atoms with Crippen molar-refractivity contribution in [2.75, 3.05) is 6.61 Å². The van der Waals surface area contributed by atoms with Gasteiger partial charge in [-0.15, -0.1) is 0 Å². The number of fused-ring (bicyclic) bond motifs is 1. The van der Waals surface area contributed by atoms with Crippen LogP contribution in [0.1, 0.15) is 60.5 Å². The molecule has 2 aromatic carbocycles. The average Bonchev–Trinajstić information content (AvgIpc) is 3.35. The minimum atomic E-state index is -1.47. The molecule has 1 aliphatic rings. The standard InChI is InChI=1S/C22H16N2O6/c1-2-29-22(28)16-12-23-19(30-16)17(18(25)13-8-4-3-5-9-13)24-20(26)14-10-6-7-11-15(14)21(24)27/h3-12,17H,2H2,1H3. The first kappa shape index (κ1) is 19.3. The van der Waals surface area contributed by atoms with Crippen LogP contribution in [0, 0.1) is 0 Å². The van der Waals surface area contributed by atoms with Crippen molar-refractivity contribution in [1.82, 2.24) is 9.88 Å². The van der Waals surface area contributed by atoms with Crippen LogP contribution in [0.2, 0.25) is 0 Å². The van der Waals surface area contributed by atoms with E-state index in [0.717, 1.165) is 11.1 Å². The molecule has 2 heterocycles. The molecule has 3 aromatic rings. The molecule has 150 valence electrons. The van der Waals surface area contributed by atoms with Gasteiger partial charge in [0, 0.05) is 5.56 Å². The number of nitrogens with zero attached hydrogens (tertiary/aromatic N) is 2. The largest absolute Gasteiger partial charge is 0.460 e. The van der Waals surface area contributed by atoms with Gasteiger partial charge in [-0.25, -0.2) is 9.78 Å². The Bertz CT molecular complexity index is 1120. The fraction of sp³-hybridized carbons (Fsp3) is 0.136. The Morgan fingerprint density at radius 3 is 2.20 bits per heavy atom. The first-order valence-electron chi connectivity index (χ1n) is 9.22. The average molecular weight is 404 g/mol. The Kier molecular flexibility index (Phi) is 4.97. The van der Waals surface area contributed by atoms with E-state index in [1.54, 1.807) is 49.4 Å². The SMILES string of the molecule is CCOC(=O)c1cnc(C(C(=O)c2ccccc2)N2C(=O)c3ccccc3C2=O)o1. The molecule has 8 heteroatoms. The highest BCUT2D eigenvalue weighted by Gasteiger charge is 2.46. The number of oxazole rings is 1. The van der Waals surface area contributed by atoms with Crippen LogP contribution in [-0.2, 0) is 4.74 Å². The van der Waals surface area contributed by atoms with Crippen molar-refractivity contribution in [3.8, 4) is 0 Å². The second-order valence-electron chi connectivity index (χ2n) is 6.44. The second-order valence-corrected chi connectivity index (χ2v) is 6.44. The third-order valence-electron chi connectivity index (χ3n) is 4.62. The highest BCUT2D eigenvalue weighted by atomic mass is 16.5. The van der Waals surface area contributed by atoms with E-state index in [-0.39, 0.29) is 34.9 Å². The van der Waals surface area contributed by atoms with Crippen molar-refractivity contribution in [3.05, 3.63) is 89.1 Å². The Balaban J connectivity index is 1.80. The number of imide groups is 1. The number of hydrogen-bond donors (Lipinski definition) is 0. The summed E-state index contributed by atoms with van der Waals surface area (Å²) in [6.45, 7) is 1.76. The van der Waals surface area contributed by atoms with E-state index in [1.807, 2.05) is 0 Å². The zero-order valence-electron chi connectivity index (χ0n) is 15.9. The highest BCUT2D eigenvalue weighted by Crippen LogP contribution is 2.33. The topological polar surface area (TPSA) is 107 Å². The van der Waals surface area contributed by atoms with Crippen LogP contribution in [0.3, 0.4) is 0 Å². The fourth-order valence-corrected chi connectivity index (χ4v) is 3.25. The lowest BCUT2D eigenvalue weighted by molar-refractivity contribution is 0.0470. The summed E-state index contributed by atoms with van der Waals surface area (Å²) in [6.07, 6.45) is 1.11. The van der Waals surface area contributed by atoms with Gasteiger partial charge in [0.2, 0.25) is 11.7 Å². The highest BCUT2D eigenvalue weighted by molar-refractivity contribution is 6.23. The molecule has 0 spiro atoms. The zero-order valence-corrected chi connectivity index (χ0v) is 15.9. The molecule has 0 radical (unpaired) electrons. The number of ether oxygens (including phenoxy) is 1. The molecule has 0 bridgehead atoms. The van der Waals surface area contributed by atoms with E-state index in [2.05, 4.69) is 4.98 Å². The number of benzene rings is 2. The number of ketones is 1. The molecule has 1 aliphatic heterocycles. The number of aromatic nitrogens is 1. The van der Waals surface area contributed by atoms with E-state index in [1.165, 1.54) is 12.1 Å². The smallest absolute Gasteiger partial charge is 0.375 e. The monoisotopic (exact) mass is 404 g/mol. The van der Waals surface area contributed by atoms with Gasteiger partial charge in [-0.2, -0.15) is 0 Å². The van der Waals surface area contributed by atoms with Crippen LogP contribution < -0.4 is 0 Å². The van der Waals surface area contributed by atoms with Crippen LogP contribution in [0.25, 0.3) is 0 Å². The molecule has 1 atom stereocenters. The maximum atomic E-state index is 13.3. The molecule has 4 rings (SSSR count). The third-order valence-corrected chi connectivity index (χ3v) is 4.62. The van der Waals surface area contributed by atoms with Crippen LogP contribution in [0.5, 0.6) is 0 Å². The van der Waals surface area contributed by atoms with Crippen LogP contribution in [0.15, 0.2) is 65.2 Å². The van der Waals surface area contributed by atoms with Crippen LogP contribution in [0.4, 0.5) is 0 Å². The molecule has 0 fully saturated rings. The first-order chi connectivity index (χ1) is 14.5. The number of esters is 1. The number of carbonyl (C=O) groups excluding carboxylic acids is 4. The summed E-state index contributed by atoms with van der Waals surface area (Å²) in [5.74, 6) is -3.08. The molecule has 0 N–H and O–H groups in total. The van der Waals surface area contributed by atoms with Crippen LogP contribution in [-0.4, -0.2) is 40.1 Å². The van der Waals surface area contributed by atoms with Crippen molar-refractivity contribution >= 4 is 23.6 Å². The van der Waals surface area contributed by atoms with Gasteiger partial charge >= 0.3 is 5.97 Å². The summed E-state index contributed by atoms with van der Waals surface area (Å²) in [6, 6.07) is 13.0. The molecule has 0 aliphatic carbocycles. The predicted molar refractivity (Wildman–Crippen MR) is 103 cm³/mol. The maximum Gasteiger partial charge on any atom is 0.375 e. The van der Waals surface area contributed by atoms with Gasteiger partial charge in [-0.3, -0.25) is 19.3 Å². The van der Waals surface area contributed by atoms with Crippen molar-refractivity contribution in [3.63, 3.8) is 0 Å². The predicted octanol–water partition coefficient (Wildman–Crippen LogP) is 3.07. The number of hydrogen-bond acceptors (Lipinski definition) is 7.